The largest absolute Gasteiger partial charge is 0.491 e. The van der Waals surface area contributed by atoms with Crippen molar-refractivity contribution in [2.75, 3.05) is 13.2 Å². The lowest BCUT2D eigenvalue weighted by atomic mass is 9.88. The standard InChI is InChI=1S/C32H38F17NO5Si/c1-19(2)56(20(3)4,55-17-16-54-22-13-11-21(12-14-22)23(51)9-7-5-6-8-10-24(52)50-53)18-15-25(33,34)26(35,36)27(37,38)28(39,40)29(41,42)30(43,44)31(45,46)32(47,48)49/h5-6,8,10-14,19-20,23,51,53H,7,9,15-18H2,1-4H3,(H,50,52)/b6-5+,10-8+/t23-/m1/s1. The topological polar surface area (TPSA) is 88.0 Å². The van der Waals surface area contributed by atoms with Gasteiger partial charge in [0.05, 0.1) is 12.7 Å². The quantitative estimate of drug-likeness (QED) is 0.0206. The fraction of sp³-hybridized carbons (Fsp3) is 0.656. The number of halogens is 17. The highest BCUT2D eigenvalue weighted by molar-refractivity contribution is 6.76. The second kappa shape index (κ2) is 18.2. The third kappa shape index (κ3) is 10.1. The van der Waals surface area contributed by atoms with E-state index in [0.717, 1.165) is 6.08 Å². The molecule has 3 N–H and O–H groups in total. The summed E-state index contributed by atoms with van der Waals surface area (Å²) < 4.78 is 245. The van der Waals surface area contributed by atoms with Gasteiger partial charge in [0.15, 0.2) is 8.32 Å². The van der Waals surface area contributed by atoms with Gasteiger partial charge in [0.25, 0.3) is 5.91 Å². The zero-order chi connectivity index (χ0) is 44.0. The third-order valence-corrected chi connectivity index (χ3v) is 14.5. The molecule has 0 unspecified atom stereocenters. The number of ether oxygens (including phenoxy) is 1. The van der Waals surface area contributed by atoms with Gasteiger partial charge in [0.2, 0.25) is 0 Å². The molecule has 1 aromatic rings. The van der Waals surface area contributed by atoms with Crippen LogP contribution in [0, 0.1) is 0 Å². The van der Waals surface area contributed by atoms with Crippen LogP contribution in [0.4, 0.5) is 74.6 Å². The Morgan fingerprint density at radius 3 is 1.62 bits per heavy atom. The van der Waals surface area contributed by atoms with E-state index >= 15 is 0 Å². The van der Waals surface area contributed by atoms with E-state index in [4.69, 9.17) is 14.4 Å². The van der Waals surface area contributed by atoms with Crippen molar-refractivity contribution in [3.8, 4) is 5.75 Å². The van der Waals surface area contributed by atoms with E-state index in [1.54, 1.807) is 6.08 Å². The third-order valence-electron chi connectivity index (χ3n) is 8.77. The average molecular weight is 868 g/mol. The first-order chi connectivity index (χ1) is 25.2. The van der Waals surface area contributed by atoms with Gasteiger partial charge in [0, 0.05) is 12.5 Å². The number of hydroxylamine groups is 1. The molecule has 0 aliphatic rings. The van der Waals surface area contributed by atoms with E-state index in [-0.39, 0.29) is 18.8 Å². The minimum absolute atomic E-state index is 0.169. The number of nitrogens with one attached hydrogen (secondary N) is 1. The van der Waals surface area contributed by atoms with Crippen LogP contribution in [0.1, 0.15) is 58.6 Å². The highest BCUT2D eigenvalue weighted by Gasteiger charge is 2.95. The number of allylic oxidation sites excluding steroid dienone is 3. The van der Waals surface area contributed by atoms with Crippen molar-refractivity contribution >= 4 is 14.2 Å². The predicted octanol–water partition coefficient (Wildman–Crippen LogP) is 10.7. The Labute approximate surface area is 309 Å². The van der Waals surface area contributed by atoms with Gasteiger partial charge in [-0.25, -0.2) is 5.48 Å². The predicted molar refractivity (Wildman–Crippen MR) is 166 cm³/mol. The number of rotatable bonds is 22. The highest BCUT2D eigenvalue weighted by Crippen LogP contribution is 2.64. The molecule has 1 aromatic carbocycles. The Bertz CT molecular complexity index is 1480. The molecule has 324 valence electrons. The first kappa shape index (κ1) is 50.9. The Kier molecular flexibility index (Phi) is 16.5. The lowest BCUT2D eigenvalue weighted by molar-refractivity contribution is -0.461. The van der Waals surface area contributed by atoms with Gasteiger partial charge in [-0.05, 0) is 47.7 Å². The summed E-state index contributed by atoms with van der Waals surface area (Å²) in [5.41, 5.74) is 0.130. The van der Waals surface area contributed by atoms with Crippen molar-refractivity contribution in [2.45, 2.75) is 118 Å². The average Bonchev–Trinajstić information content (AvgIpc) is 3.08. The molecule has 0 radical (unpaired) electrons. The summed E-state index contributed by atoms with van der Waals surface area (Å²) in [6, 6.07) is 4.45. The Balaban J connectivity index is 3.12. The molecule has 1 amide bonds. The molecular formula is C32H38F17NO5Si. The molecule has 24 heteroatoms. The number of benzene rings is 1. The number of hydrogen-bond acceptors (Lipinski definition) is 5. The number of hydrogen-bond donors (Lipinski definition) is 3. The summed E-state index contributed by atoms with van der Waals surface area (Å²) in [6.07, 6.45) is -5.18. The second-order valence-electron chi connectivity index (χ2n) is 13.0. The SMILES string of the molecule is CC(C)[Si](CCC(F)(F)C(F)(F)C(F)(F)C(F)(F)C(F)(F)C(F)(F)C(F)(F)C(F)(F)F)(OCCOc1ccc([C@H](O)CC/C=C/C=C/C(=O)NO)cc1)C(C)C. The summed E-state index contributed by atoms with van der Waals surface area (Å²) in [4.78, 5) is 10.9. The van der Waals surface area contributed by atoms with Crippen LogP contribution in [0.25, 0.3) is 0 Å². The van der Waals surface area contributed by atoms with Crippen LogP contribution in [-0.4, -0.2) is 85.4 Å². The Morgan fingerprint density at radius 2 is 1.18 bits per heavy atom. The number of aliphatic hydroxyl groups excluding tert-OH is 1. The summed E-state index contributed by atoms with van der Waals surface area (Å²) >= 11 is 0. The van der Waals surface area contributed by atoms with E-state index in [0.29, 0.717) is 12.0 Å². The van der Waals surface area contributed by atoms with E-state index in [9.17, 15) is 84.5 Å². The summed E-state index contributed by atoms with van der Waals surface area (Å²) in [5, 5.41) is 18.7. The van der Waals surface area contributed by atoms with E-state index in [1.165, 1.54) is 69.6 Å². The maximum Gasteiger partial charge on any atom is 0.460 e. The van der Waals surface area contributed by atoms with Crippen molar-refractivity contribution in [3.05, 3.63) is 54.1 Å². The number of carbonyl (C=O) groups is 1. The molecule has 0 saturated heterocycles. The van der Waals surface area contributed by atoms with Gasteiger partial charge in [-0.1, -0.05) is 58.1 Å². The Morgan fingerprint density at radius 1 is 0.714 bits per heavy atom. The number of carbonyl (C=O) groups excluding carboxylic acids is 1. The Hall–Kier alpha value is -3.12. The monoisotopic (exact) mass is 867 g/mol. The van der Waals surface area contributed by atoms with Crippen molar-refractivity contribution in [2.24, 2.45) is 0 Å². The molecule has 0 heterocycles. The molecule has 0 fully saturated rings. The molecule has 0 aliphatic carbocycles. The molecule has 1 atom stereocenters. The van der Waals surface area contributed by atoms with Gasteiger partial charge in [-0.2, -0.15) is 74.6 Å². The molecule has 56 heavy (non-hydrogen) atoms. The van der Waals surface area contributed by atoms with Crippen LogP contribution >= 0.6 is 0 Å². The molecule has 0 aliphatic heterocycles. The van der Waals surface area contributed by atoms with Crippen LogP contribution in [0.3, 0.4) is 0 Å². The van der Waals surface area contributed by atoms with E-state index in [1.807, 2.05) is 0 Å². The van der Waals surface area contributed by atoms with E-state index < -0.39 is 98.1 Å². The minimum Gasteiger partial charge on any atom is -0.491 e. The highest BCUT2D eigenvalue weighted by atomic mass is 28.4. The van der Waals surface area contributed by atoms with Gasteiger partial charge in [-0.15, -0.1) is 0 Å². The molecule has 0 bridgehead atoms. The minimum atomic E-state index is -8.68. The van der Waals surface area contributed by atoms with Crippen molar-refractivity contribution in [1.82, 2.24) is 5.48 Å². The van der Waals surface area contributed by atoms with Crippen LogP contribution in [-0.2, 0) is 9.22 Å². The van der Waals surface area contributed by atoms with Crippen LogP contribution < -0.4 is 10.2 Å². The smallest absolute Gasteiger partial charge is 0.460 e. The number of amides is 1. The van der Waals surface area contributed by atoms with Crippen LogP contribution in [0.15, 0.2) is 48.6 Å². The van der Waals surface area contributed by atoms with Gasteiger partial charge in [0.1, 0.15) is 12.4 Å². The van der Waals surface area contributed by atoms with E-state index in [2.05, 4.69) is 0 Å². The van der Waals surface area contributed by atoms with Crippen molar-refractivity contribution in [3.63, 3.8) is 0 Å². The lowest BCUT2D eigenvalue weighted by Gasteiger charge is -2.44. The number of alkyl halides is 17. The van der Waals surface area contributed by atoms with Crippen LogP contribution in [0.5, 0.6) is 5.75 Å². The second-order valence-corrected chi connectivity index (χ2v) is 18.0. The first-order valence-electron chi connectivity index (χ1n) is 16.2. The van der Waals surface area contributed by atoms with Gasteiger partial charge >= 0.3 is 47.6 Å². The first-order valence-corrected chi connectivity index (χ1v) is 18.5. The number of aliphatic hydroxyl groups is 1. The summed E-state index contributed by atoms with van der Waals surface area (Å²) in [7, 11) is -3.94. The van der Waals surface area contributed by atoms with Gasteiger partial charge < -0.3 is 14.3 Å². The fourth-order valence-electron chi connectivity index (χ4n) is 5.31. The zero-order valence-corrected chi connectivity index (χ0v) is 30.6. The summed E-state index contributed by atoms with van der Waals surface area (Å²) in [6.45, 7) is 4.43. The molecule has 0 spiro atoms. The van der Waals surface area contributed by atoms with Crippen molar-refractivity contribution in [1.29, 1.82) is 0 Å². The summed E-state index contributed by atoms with van der Waals surface area (Å²) in [5.74, 6) is -57.3. The molecular weight excluding hydrogens is 829 g/mol. The zero-order valence-electron chi connectivity index (χ0n) is 29.6. The molecule has 6 nitrogen and oxygen atoms in total. The van der Waals surface area contributed by atoms with Gasteiger partial charge in [-0.3, -0.25) is 10.0 Å². The maximum absolute atomic E-state index is 14.8. The molecule has 0 saturated carbocycles. The molecule has 1 rings (SSSR count). The molecule has 0 aromatic heterocycles. The maximum atomic E-state index is 14.8. The lowest BCUT2D eigenvalue weighted by Crippen LogP contribution is -2.74. The van der Waals surface area contributed by atoms with Crippen LogP contribution in [0.2, 0.25) is 17.1 Å². The normalized spacial score (nSPS) is 15.4. The van der Waals surface area contributed by atoms with Crippen molar-refractivity contribution < 1.29 is 98.9 Å². The fourth-order valence-corrected chi connectivity index (χ4v) is 9.78.